The summed E-state index contributed by atoms with van der Waals surface area (Å²) in [4.78, 5) is 11.1. The number of methoxy groups -OCH3 is 1. The predicted molar refractivity (Wildman–Crippen MR) is 69.5 cm³/mol. The van der Waals surface area contributed by atoms with Crippen molar-refractivity contribution in [1.82, 2.24) is 0 Å². The lowest BCUT2D eigenvalue weighted by molar-refractivity contribution is 0.100. The van der Waals surface area contributed by atoms with Crippen LogP contribution >= 0.6 is 11.6 Å². The minimum Gasteiger partial charge on any atom is -0.383 e. The first-order chi connectivity index (χ1) is 8.08. The maximum Gasteiger partial charge on any atom is 0.248 e. The number of primary amides is 1. The van der Waals surface area contributed by atoms with Crippen molar-refractivity contribution in [2.24, 2.45) is 5.73 Å². The van der Waals surface area contributed by atoms with Crippen LogP contribution in [0.2, 0.25) is 5.02 Å². The fraction of sp³-hybridized carbons (Fsp3) is 0.417. The van der Waals surface area contributed by atoms with Gasteiger partial charge in [0.15, 0.2) is 0 Å². The summed E-state index contributed by atoms with van der Waals surface area (Å²) < 4.78 is 5.09. The number of nitrogens with two attached hydrogens (primary N) is 1. The smallest absolute Gasteiger partial charge is 0.248 e. The molecule has 0 saturated heterocycles. The van der Waals surface area contributed by atoms with Gasteiger partial charge in [-0.2, -0.15) is 0 Å². The number of anilines is 1. The van der Waals surface area contributed by atoms with Crippen LogP contribution in [0.4, 0.5) is 5.69 Å². The monoisotopic (exact) mass is 256 g/mol. The molecule has 5 heteroatoms. The van der Waals surface area contributed by atoms with E-state index in [2.05, 4.69) is 5.32 Å². The fourth-order valence-electron chi connectivity index (χ4n) is 1.47. The summed E-state index contributed by atoms with van der Waals surface area (Å²) >= 11 is 6.05. The molecule has 1 amide bonds. The predicted octanol–water partition coefficient (Wildman–Crippen LogP) is 2.28. The van der Waals surface area contributed by atoms with Crippen molar-refractivity contribution in [3.05, 3.63) is 28.8 Å². The van der Waals surface area contributed by atoms with Gasteiger partial charge in [0.25, 0.3) is 0 Å². The second-order valence-corrected chi connectivity index (χ2v) is 4.17. The number of carbonyl (C=O) groups is 1. The van der Waals surface area contributed by atoms with Gasteiger partial charge in [-0.05, 0) is 24.6 Å². The van der Waals surface area contributed by atoms with Crippen LogP contribution in [0.15, 0.2) is 18.2 Å². The summed E-state index contributed by atoms with van der Waals surface area (Å²) in [6.07, 6.45) is 0.894. The van der Waals surface area contributed by atoms with Crippen LogP contribution in [-0.4, -0.2) is 25.7 Å². The normalized spacial score (nSPS) is 12.2. The van der Waals surface area contributed by atoms with E-state index in [9.17, 15) is 4.79 Å². The van der Waals surface area contributed by atoms with E-state index in [-0.39, 0.29) is 6.04 Å². The van der Waals surface area contributed by atoms with Crippen molar-refractivity contribution in [2.75, 3.05) is 19.0 Å². The molecule has 1 unspecified atom stereocenters. The Bertz CT molecular complexity index is 396. The molecule has 0 fully saturated rings. The van der Waals surface area contributed by atoms with Gasteiger partial charge in [-0.15, -0.1) is 0 Å². The first-order valence-electron chi connectivity index (χ1n) is 5.43. The second kappa shape index (κ2) is 6.47. The molecule has 0 radical (unpaired) electrons. The molecule has 1 aromatic carbocycles. The summed E-state index contributed by atoms with van der Waals surface area (Å²) in [5, 5.41) is 3.79. The van der Waals surface area contributed by atoms with Crippen molar-refractivity contribution in [1.29, 1.82) is 0 Å². The zero-order valence-corrected chi connectivity index (χ0v) is 10.8. The van der Waals surface area contributed by atoms with E-state index >= 15 is 0 Å². The third-order valence-electron chi connectivity index (χ3n) is 2.47. The standard InChI is InChI=1S/C12H17ClN2O2/c1-3-9(7-17-2)15-11-6-8(12(14)16)4-5-10(11)13/h4-6,9,15H,3,7H2,1-2H3,(H2,14,16). The van der Waals surface area contributed by atoms with Crippen LogP contribution in [0.1, 0.15) is 23.7 Å². The lowest BCUT2D eigenvalue weighted by atomic mass is 10.1. The van der Waals surface area contributed by atoms with Crippen LogP contribution < -0.4 is 11.1 Å². The molecule has 0 saturated carbocycles. The maximum atomic E-state index is 11.1. The Balaban J connectivity index is 2.88. The van der Waals surface area contributed by atoms with Gasteiger partial charge in [-0.3, -0.25) is 4.79 Å². The molecule has 1 rings (SSSR count). The zero-order valence-electron chi connectivity index (χ0n) is 10.00. The van der Waals surface area contributed by atoms with Crippen LogP contribution in [0, 0.1) is 0 Å². The van der Waals surface area contributed by atoms with E-state index in [1.165, 1.54) is 0 Å². The molecule has 0 aliphatic rings. The SMILES string of the molecule is CCC(COC)Nc1cc(C(N)=O)ccc1Cl. The number of halogens is 1. The summed E-state index contributed by atoms with van der Waals surface area (Å²) in [6, 6.07) is 5.07. The van der Waals surface area contributed by atoms with E-state index in [0.717, 1.165) is 6.42 Å². The van der Waals surface area contributed by atoms with Crippen LogP contribution in [0.25, 0.3) is 0 Å². The van der Waals surface area contributed by atoms with Crippen molar-refractivity contribution in [3.63, 3.8) is 0 Å². The van der Waals surface area contributed by atoms with Gasteiger partial charge in [0.1, 0.15) is 0 Å². The highest BCUT2D eigenvalue weighted by Gasteiger charge is 2.10. The van der Waals surface area contributed by atoms with Crippen LogP contribution in [0.5, 0.6) is 0 Å². The topological polar surface area (TPSA) is 64.3 Å². The maximum absolute atomic E-state index is 11.1. The molecule has 0 aliphatic heterocycles. The Kier molecular flexibility index (Phi) is 5.25. The second-order valence-electron chi connectivity index (χ2n) is 3.76. The number of hydrogen-bond donors (Lipinski definition) is 2. The molecule has 0 aromatic heterocycles. The zero-order chi connectivity index (χ0) is 12.8. The first-order valence-corrected chi connectivity index (χ1v) is 5.81. The molecule has 4 nitrogen and oxygen atoms in total. The number of carbonyl (C=O) groups excluding carboxylic acids is 1. The molecule has 3 N–H and O–H groups in total. The lowest BCUT2D eigenvalue weighted by Gasteiger charge is -2.18. The molecule has 1 aromatic rings. The van der Waals surface area contributed by atoms with E-state index < -0.39 is 5.91 Å². The Morgan fingerprint density at radius 3 is 2.82 bits per heavy atom. The van der Waals surface area contributed by atoms with Gasteiger partial charge in [0.2, 0.25) is 5.91 Å². The highest BCUT2D eigenvalue weighted by molar-refractivity contribution is 6.33. The largest absolute Gasteiger partial charge is 0.383 e. The van der Waals surface area contributed by atoms with Crippen LogP contribution in [0.3, 0.4) is 0 Å². The lowest BCUT2D eigenvalue weighted by Crippen LogP contribution is -2.24. The van der Waals surface area contributed by atoms with E-state index in [1.807, 2.05) is 6.92 Å². The summed E-state index contributed by atoms with van der Waals surface area (Å²) in [6.45, 7) is 2.62. The average Bonchev–Trinajstić information content (AvgIpc) is 2.30. The molecule has 0 spiro atoms. The van der Waals surface area contributed by atoms with Crippen molar-refractivity contribution < 1.29 is 9.53 Å². The Morgan fingerprint density at radius 2 is 2.29 bits per heavy atom. The summed E-state index contributed by atoms with van der Waals surface area (Å²) in [5.74, 6) is -0.468. The third kappa shape index (κ3) is 3.91. The van der Waals surface area contributed by atoms with Crippen molar-refractivity contribution in [3.8, 4) is 0 Å². The number of rotatable bonds is 6. The first kappa shape index (κ1) is 13.8. The van der Waals surface area contributed by atoms with E-state index in [1.54, 1.807) is 25.3 Å². The van der Waals surface area contributed by atoms with Gasteiger partial charge < -0.3 is 15.8 Å². The van der Waals surface area contributed by atoms with Gasteiger partial charge in [0.05, 0.1) is 17.3 Å². The molecule has 94 valence electrons. The quantitative estimate of drug-likeness (QED) is 0.821. The number of benzene rings is 1. The Hall–Kier alpha value is -1.26. The van der Waals surface area contributed by atoms with Crippen LogP contribution in [-0.2, 0) is 4.74 Å². The third-order valence-corrected chi connectivity index (χ3v) is 2.80. The molecular weight excluding hydrogens is 240 g/mol. The minimum absolute atomic E-state index is 0.153. The van der Waals surface area contributed by atoms with Gasteiger partial charge >= 0.3 is 0 Å². The molecule has 17 heavy (non-hydrogen) atoms. The molecule has 1 atom stereocenters. The van der Waals surface area contributed by atoms with Gasteiger partial charge in [-0.1, -0.05) is 18.5 Å². The summed E-state index contributed by atoms with van der Waals surface area (Å²) in [5.41, 5.74) is 6.36. The molecule has 0 heterocycles. The Labute approximate surface area is 106 Å². The molecule has 0 bridgehead atoms. The number of ether oxygens (including phenoxy) is 1. The average molecular weight is 257 g/mol. The Morgan fingerprint density at radius 1 is 1.59 bits per heavy atom. The number of nitrogens with one attached hydrogen (secondary N) is 1. The highest BCUT2D eigenvalue weighted by Crippen LogP contribution is 2.24. The van der Waals surface area contributed by atoms with Gasteiger partial charge in [0, 0.05) is 18.7 Å². The fourth-order valence-corrected chi connectivity index (χ4v) is 1.64. The van der Waals surface area contributed by atoms with Gasteiger partial charge in [-0.25, -0.2) is 0 Å². The van der Waals surface area contributed by atoms with Crippen molar-refractivity contribution in [2.45, 2.75) is 19.4 Å². The van der Waals surface area contributed by atoms with Crippen molar-refractivity contribution >= 4 is 23.2 Å². The van der Waals surface area contributed by atoms with E-state index in [0.29, 0.717) is 22.9 Å². The minimum atomic E-state index is -0.468. The number of hydrogen-bond acceptors (Lipinski definition) is 3. The molecule has 0 aliphatic carbocycles. The molecular formula is C12H17ClN2O2. The summed E-state index contributed by atoms with van der Waals surface area (Å²) in [7, 11) is 1.64. The highest BCUT2D eigenvalue weighted by atomic mass is 35.5. The van der Waals surface area contributed by atoms with E-state index in [4.69, 9.17) is 22.1 Å². The number of amides is 1.